The van der Waals surface area contributed by atoms with Crippen LogP contribution in [0, 0.1) is 0 Å². The fourth-order valence-electron chi connectivity index (χ4n) is 2.97. The van der Waals surface area contributed by atoms with E-state index in [9.17, 15) is 9.59 Å². The molecule has 2 atom stereocenters. The lowest BCUT2D eigenvalue weighted by Crippen LogP contribution is -2.49. The van der Waals surface area contributed by atoms with Crippen molar-refractivity contribution in [3.63, 3.8) is 0 Å². The molecule has 0 aliphatic heterocycles. The molecule has 0 bridgehead atoms. The van der Waals surface area contributed by atoms with E-state index in [4.69, 9.17) is 34.8 Å². The predicted molar refractivity (Wildman–Crippen MR) is 136 cm³/mol. The summed E-state index contributed by atoms with van der Waals surface area (Å²) in [6.07, 6.45) is 1.85. The number of nitrogens with zero attached hydrogens (tertiary/aromatic N) is 1. The molecule has 0 radical (unpaired) electrons. The monoisotopic (exact) mass is 514 g/mol. The molecule has 2 amide bonds. The van der Waals surface area contributed by atoms with Gasteiger partial charge in [0.15, 0.2) is 0 Å². The summed E-state index contributed by atoms with van der Waals surface area (Å²) in [5.74, 6) is 0.531. The molecule has 0 aliphatic carbocycles. The summed E-state index contributed by atoms with van der Waals surface area (Å²) in [5.41, 5.74) is 0.753. The van der Waals surface area contributed by atoms with Gasteiger partial charge in [0.1, 0.15) is 6.04 Å². The molecular weight excluding hydrogens is 487 g/mol. The van der Waals surface area contributed by atoms with E-state index >= 15 is 0 Å². The first-order valence-electron chi connectivity index (χ1n) is 10.6. The lowest BCUT2D eigenvalue weighted by atomic mass is 10.1. The van der Waals surface area contributed by atoms with Crippen molar-refractivity contribution in [2.75, 3.05) is 5.75 Å². The summed E-state index contributed by atoms with van der Waals surface area (Å²) < 4.78 is 0. The topological polar surface area (TPSA) is 49.4 Å². The van der Waals surface area contributed by atoms with E-state index in [0.717, 1.165) is 22.6 Å². The van der Waals surface area contributed by atoms with Gasteiger partial charge >= 0.3 is 0 Å². The average Bonchev–Trinajstić information content (AvgIpc) is 2.76. The molecule has 0 unspecified atom stereocenters. The van der Waals surface area contributed by atoms with Crippen molar-refractivity contribution in [3.8, 4) is 0 Å². The van der Waals surface area contributed by atoms with Crippen LogP contribution >= 0.6 is 46.6 Å². The van der Waals surface area contributed by atoms with Gasteiger partial charge in [-0.25, -0.2) is 0 Å². The Hall–Kier alpha value is -1.40. The number of halogens is 3. The molecule has 4 nitrogen and oxygen atoms in total. The van der Waals surface area contributed by atoms with Crippen LogP contribution in [0.1, 0.15) is 45.6 Å². The second-order valence-corrected chi connectivity index (χ2v) is 10.1. The number of rotatable bonds is 11. The summed E-state index contributed by atoms with van der Waals surface area (Å²) >= 11 is 19.9. The van der Waals surface area contributed by atoms with E-state index < -0.39 is 6.04 Å². The van der Waals surface area contributed by atoms with Gasteiger partial charge in [0.2, 0.25) is 11.8 Å². The van der Waals surface area contributed by atoms with Crippen LogP contribution in [0.3, 0.4) is 0 Å². The van der Waals surface area contributed by atoms with Crippen LogP contribution in [0.25, 0.3) is 0 Å². The van der Waals surface area contributed by atoms with E-state index in [2.05, 4.69) is 5.32 Å². The molecule has 32 heavy (non-hydrogen) atoms. The minimum Gasteiger partial charge on any atom is -0.352 e. The van der Waals surface area contributed by atoms with Crippen molar-refractivity contribution < 1.29 is 9.59 Å². The van der Waals surface area contributed by atoms with E-state index in [0.29, 0.717) is 27.9 Å². The Bertz CT molecular complexity index is 909. The number of amides is 2. The molecule has 0 fully saturated rings. The van der Waals surface area contributed by atoms with E-state index in [-0.39, 0.29) is 24.4 Å². The van der Waals surface area contributed by atoms with E-state index in [1.807, 2.05) is 38.1 Å². The molecule has 2 rings (SSSR count). The summed E-state index contributed by atoms with van der Waals surface area (Å²) in [4.78, 5) is 28.6. The quantitative estimate of drug-likeness (QED) is 0.263. The number of benzene rings is 2. The molecule has 174 valence electrons. The van der Waals surface area contributed by atoms with E-state index in [1.165, 1.54) is 0 Å². The van der Waals surface area contributed by atoms with Gasteiger partial charge in [0, 0.05) is 39.0 Å². The lowest BCUT2D eigenvalue weighted by molar-refractivity contribution is -0.140. The minimum absolute atomic E-state index is 0.0387. The van der Waals surface area contributed by atoms with Crippen molar-refractivity contribution in [2.24, 2.45) is 0 Å². The maximum Gasteiger partial charge on any atom is 0.242 e. The van der Waals surface area contributed by atoms with Gasteiger partial charge in [-0.05, 0) is 74.4 Å². The number of nitrogens with one attached hydrogen (secondary N) is 1. The number of hydrogen-bond donors (Lipinski definition) is 1. The first-order chi connectivity index (χ1) is 15.2. The molecule has 0 spiro atoms. The second-order valence-electron chi connectivity index (χ2n) is 7.66. The Balaban J connectivity index is 2.05. The molecule has 0 saturated carbocycles. The third-order valence-corrected chi connectivity index (χ3v) is 7.08. The highest BCUT2D eigenvalue weighted by molar-refractivity contribution is 7.99. The number of thioether (sulfide) groups is 1. The number of hydrogen-bond acceptors (Lipinski definition) is 3. The second kappa shape index (κ2) is 13.3. The average molecular weight is 516 g/mol. The molecular formula is C24H29Cl3N2O2S. The van der Waals surface area contributed by atoms with Crippen LogP contribution in [0.4, 0.5) is 0 Å². The van der Waals surface area contributed by atoms with E-state index in [1.54, 1.807) is 41.8 Å². The van der Waals surface area contributed by atoms with Gasteiger partial charge in [-0.1, -0.05) is 47.8 Å². The zero-order valence-electron chi connectivity index (χ0n) is 18.5. The summed E-state index contributed by atoms with van der Waals surface area (Å²) in [6, 6.07) is 12.2. The third kappa shape index (κ3) is 8.51. The molecule has 2 aromatic rings. The normalized spacial score (nSPS) is 12.8. The highest BCUT2D eigenvalue weighted by Crippen LogP contribution is 2.25. The molecule has 0 aliphatic rings. The lowest BCUT2D eigenvalue weighted by Gasteiger charge is -2.30. The Labute approximate surface area is 210 Å². The maximum absolute atomic E-state index is 13.1. The van der Waals surface area contributed by atoms with Crippen LogP contribution in [-0.2, 0) is 16.1 Å². The van der Waals surface area contributed by atoms with Crippen LogP contribution < -0.4 is 5.32 Å². The van der Waals surface area contributed by atoms with Gasteiger partial charge in [-0.15, -0.1) is 11.8 Å². The van der Waals surface area contributed by atoms with Gasteiger partial charge in [-0.2, -0.15) is 0 Å². The molecule has 0 aromatic heterocycles. The summed E-state index contributed by atoms with van der Waals surface area (Å²) in [6.45, 7) is 5.95. The Kier molecular flexibility index (Phi) is 11.2. The number of carbonyl (C=O) groups excluding carboxylic acids is 2. The Morgan fingerprint density at radius 3 is 2.31 bits per heavy atom. The highest BCUT2D eigenvalue weighted by atomic mass is 35.5. The summed E-state index contributed by atoms with van der Waals surface area (Å²) in [7, 11) is 0. The van der Waals surface area contributed by atoms with Gasteiger partial charge in [-0.3, -0.25) is 9.59 Å². The smallest absolute Gasteiger partial charge is 0.242 e. The zero-order valence-corrected chi connectivity index (χ0v) is 21.6. The standard InChI is InChI=1S/C24H29Cl3N2O2S/c1-4-16(2)28-24(31)17(3)29(15-18-7-8-20(26)14-22(18)27)23(30)6-5-13-32-21-11-9-19(25)10-12-21/h7-12,14,16-17H,4-6,13,15H2,1-3H3,(H,28,31)/t16-,17+/m1/s1. The van der Waals surface area contributed by atoms with Gasteiger partial charge < -0.3 is 10.2 Å². The highest BCUT2D eigenvalue weighted by Gasteiger charge is 2.27. The van der Waals surface area contributed by atoms with Crippen molar-refractivity contribution in [1.29, 1.82) is 0 Å². The van der Waals surface area contributed by atoms with Crippen molar-refractivity contribution in [1.82, 2.24) is 10.2 Å². The molecule has 1 N–H and O–H groups in total. The fraction of sp³-hybridized carbons (Fsp3) is 0.417. The molecule has 2 aromatic carbocycles. The van der Waals surface area contributed by atoms with Crippen LogP contribution in [0.2, 0.25) is 15.1 Å². The van der Waals surface area contributed by atoms with Gasteiger partial charge in [0.05, 0.1) is 0 Å². The zero-order chi connectivity index (χ0) is 23.7. The molecule has 8 heteroatoms. The van der Waals surface area contributed by atoms with Crippen molar-refractivity contribution in [2.45, 2.75) is 63.6 Å². The molecule has 0 heterocycles. The largest absolute Gasteiger partial charge is 0.352 e. The van der Waals surface area contributed by atoms with Crippen molar-refractivity contribution >= 4 is 58.4 Å². The SMILES string of the molecule is CC[C@@H](C)NC(=O)[C@H](C)N(Cc1ccc(Cl)cc1Cl)C(=O)CCCSc1ccc(Cl)cc1. The van der Waals surface area contributed by atoms with Crippen molar-refractivity contribution in [3.05, 3.63) is 63.1 Å². The van der Waals surface area contributed by atoms with Crippen LogP contribution in [-0.4, -0.2) is 34.6 Å². The fourth-order valence-corrected chi connectivity index (χ4v) is 4.42. The number of carbonyl (C=O) groups is 2. The van der Waals surface area contributed by atoms with Gasteiger partial charge in [0.25, 0.3) is 0 Å². The predicted octanol–water partition coefficient (Wildman–Crippen LogP) is 6.85. The first-order valence-corrected chi connectivity index (χ1v) is 12.7. The van der Waals surface area contributed by atoms with Crippen LogP contribution in [0.15, 0.2) is 47.4 Å². The molecule has 0 saturated heterocycles. The Morgan fingerprint density at radius 2 is 1.69 bits per heavy atom. The van der Waals surface area contributed by atoms with Crippen LogP contribution in [0.5, 0.6) is 0 Å². The first kappa shape index (κ1) is 26.8. The minimum atomic E-state index is -0.618. The Morgan fingerprint density at radius 1 is 1.03 bits per heavy atom. The third-order valence-electron chi connectivity index (χ3n) is 5.14. The maximum atomic E-state index is 13.1. The summed E-state index contributed by atoms with van der Waals surface area (Å²) in [5, 5.41) is 4.67.